The van der Waals surface area contributed by atoms with Gasteiger partial charge >= 0.3 is 0 Å². The topological polar surface area (TPSA) is 72.3 Å². The third kappa shape index (κ3) is 4.77. The second-order valence-electron chi connectivity index (χ2n) is 5.65. The zero-order valence-electron chi connectivity index (χ0n) is 13.3. The predicted molar refractivity (Wildman–Crippen MR) is 90.8 cm³/mol. The Morgan fingerprint density at radius 3 is 2.88 bits per heavy atom. The summed E-state index contributed by atoms with van der Waals surface area (Å²) in [7, 11) is 0. The number of aromatic nitrogens is 3. The number of hydrogen-bond acceptors (Lipinski definition) is 5. The lowest BCUT2D eigenvalue weighted by molar-refractivity contribution is -0.116. The Hall–Kier alpha value is -1.96. The van der Waals surface area contributed by atoms with Crippen molar-refractivity contribution >= 4 is 23.2 Å². The summed E-state index contributed by atoms with van der Waals surface area (Å²) in [6.07, 6.45) is 3.37. The third-order valence-electron chi connectivity index (χ3n) is 3.87. The quantitative estimate of drug-likeness (QED) is 0.860. The minimum atomic E-state index is -0.0810. The zero-order chi connectivity index (χ0) is 16.8. The van der Waals surface area contributed by atoms with Gasteiger partial charge in [-0.1, -0.05) is 17.7 Å². The fourth-order valence-electron chi connectivity index (χ4n) is 2.54. The van der Waals surface area contributed by atoms with Crippen molar-refractivity contribution in [3.05, 3.63) is 41.4 Å². The lowest BCUT2D eigenvalue weighted by atomic mass is 10.2. The van der Waals surface area contributed by atoms with Gasteiger partial charge < -0.3 is 10.1 Å². The molecule has 1 aromatic heterocycles. The molecule has 1 aromatic carbocycles. The van der Waals surface area contributed by atoms with Crippen LogP contribution in [0.15, 0.2) is 30.9 Å². The molecule has 0 spiro atoms. The number of hydrogen-bond donors (Lipinski definition) is 1. The number of benzene rings is 1. The van der Waals surface area contributed by atoms with Crippen molar-refractivity contribution in [2.75, 3.05) is 31.6 Å². The van der Waals surface area contributed by atoms with Crippen LogP contribution in [0.1, 0.15) is 12.0 Å². The second-order valence-corrected chi connectivity index (χ2v) is 6.06. The molecule has 7 nitrogen and oxygen atoms in total. The standard InChI is InChI=1S/C16H20ClN5O2/c17-15-9-14(20-16(23)3-4-22-12-18-11-19-22)2-1-13(15)10-21-5-7-24-8-6-21/h1-2,9,11-12H,3-8,10H2,(H,20,23). The van der Waals surface area contributed by atoms with Gasteiger partial charge in [-0.05, 0) is 17.7 Å². The highest BCUT2D eigenvalue weighted by Crippen LogP contribution is 2.23. The Bertz CT molecular complexity index is 671. The molecule has 0 unspecified atom stereocenters. The number of aryl methyl sites for hydroxylation is 1. The van der Waals surface area contributed by atoms with Gasteiger partial charge in [0.2, 0.25) is 5.91 Å². The van der Waals surface area contributed by atoms with Crippen molar-refractivity contribution < 1.29 is 9.53 Å². The third-order valence-corrected chi connectivity index (χ3v) is 4.22. The van der Waals surface area contributed by atoms with E-state index in [4.69, 9.17) is 16.3 Å². The summed E-state index contributed by atoms with van der Waals surface area (Å²) in [5.74, 6) is -0.0810. The molecule has 1 aliphatic rings. The Morgan fingerprint density at radius 2 is 2.17 bits per heavy atom. The Labute approximate surface area is 145 Å². The molecule has 24 heavy (non-hydrogen) atoms. The molecule has 2 heterocycles. The van der Waals surface area contributed by atoms with E-state index < -0.39 is 0 Å². The molecule has 3 rings (SSSR count). The predicted octanol–water partition coefficient (Wildman–Crippen LogP) is 1.79. The van der Waals surface area contributed by atoms with Crippen LogP contribution in [0.2, 0.25) is 5.02 Å². The molecular weight excluding hydrogens is 330 g/mol. The number of morpholine rings is 1. The molecule has 0 bridgehead atoms. The number of anilines is 1. The first-order valence-corrected chi connectivity index (χ1v) is 8.29. The molecule has 8 heteroatoms. The minimum Gasteiger partial charge on any atom is -0.379 e. The molecule has 0 aliphatic carbocycles. The van der Waals surface area contributed by atoms with Crippen LogP contribution in [0.4, 0.5) is 5.69 Å². The molecule has 2 aromatic rings. The number of nitrogens with zero attached hydrogens (tertiary/aromatic N) is 4. The van der Waals surface area contributed by atoms with Gasteiger partial charge in [0.1, 0.15) is 12.7 Å². The molecule has 1 fully saturated rings. The van der Waals surface area contributed by atoms with Crippen LogP contribution in [0.25, 0.3) is 0 Å². The van der Waals surface area contributed by atoms with Crippen LogP contribution in [-0.4, -0.2) is 51.9 Å². The molecule has 0 radical (unpaired) electrons. The lowest BCUT2D eigenvalue weighted by Gasteiger charge is -2.27. The highest BCUT2D eigenvalue weighted by molar-refractivity contribution is 6.31. The Kier molecular flexibility index (Phi) is 5.79. The van der Waals surface area contributed by atoms with Gasteiger partial charge in [-0.2, -0.15) is 5.10 Å². The maximum atomic E-state index is 12.0. The van der Waals surface area contributed by atoms with E-state index in [1.807, 2.05) is 12.1 Å². The summed E-state index contributed by atoms with van der Waals surface area (Å²) in [6, 6.07) is 5.64. The summed E-state index contributed by atoms with van der Waals surface area (Å²) < 4.78 is 6.97. The number of nitrogens with one attached hydrogen (secondary N) is 1. The van der Waals surface area contributed by atoms with E-state index in [9.17, 15) is 4.79 Å². The van der Waals surface area contributed by atoms with E-state index in [2.05, 4.69) is 20.3 Å². The lowest BCUT2D eigenvalue weighted by Crippen LogP contribution is -2.35. The molecule has 0 atom stereocenters. The molecule has 1 aliphatic heterocycles. The number of ether oxygens (including phenoxy) is 1. The minimum absolute atomic E-state index is 0.0810. The SMILES string of the molecule is O=C(CCn1cncn1)Nc1ccc(CN2CCOCC2)c(Cl)c1. The largest absolute Gasteiger partial charge is 0.379 e. The van der Waals surface area contributed by atoms with Crippen molar-refractivity contribution in [1.29, 1.82) is 0 Å². The monoisotopic (exact) mass is 349 g/mol. The van der Waals surface area contributed by atoms with Crippen molar-refractivity contribution in [3.63, 3.8) is 0 Å². The summed E-state index contributed by atoms with van der Waals surface area (Å²) in [6.45, 7) is 4.64. The van der Waals surface area contributed by atoms with Gasteiger partial charge in [0.05, 0.1) is 19.8 Å². The van der Waals surface area contributed by atoms with Crippen molar-refractivity contribution in [3.8, 4) is 0 Å². The van der Waals surface area contributed by atoms with E-state index >= 15 is 0 Å². The van der Waals surface area contributed by atoms with Crippen LogP contribution in [0, 0.1) is 0 Å². The van der Waals surface area contributed by atoms with Gasteiger partial charge in [0.25, 0.3) is 0 Å². The van der Waals surface area contributed by atoms with Gasteiger partial charge in [0, 0.05) is 36.8 Å². The van der Waals surface area contributed by atoms with E-state index in [0.29, 0.717) is 23.7 Å². The molecule has 128 valence electrons. The van der Waals surface area contributed by atoms with Crippen LogP contribution in [0.3, 0.4) is 0 Å². The first-order valence-electron chi connectivity index (χ1n) is 7.91. The Balaban J connectivity index is 1.52. The molecule has 0 saturated carbocycles. The summed E-state index contributed by atoms with van der Waals surface area (Å²) in [4.78, 5) is 18.1. The number of rotatable bonds is 6. The van der Waals surface area contributed by atoms with Crippen LogP contribution >= 0.6 is 11.6 Å². The smallest absolute Gasteiger partial charge is 0.226 e. The van der Waals surface area contributed by atoms with Gasteiger partial charge in [-0.25, -0.2) is 4.98 Å². The first kappa shape index (κ1) is 16.9. The van der Waals surface area contributed by atoms with Crippen molar-refractivity contribution in [2.45, 2.75) is 19.5 Å². The van der Waals surface area contributed by atoms with Crippen LogP contribution < -0.4 is 5.32 Å². The fourth-order valence-corrected chi connectivity index (χ4v) is 2.78. The zero-order valence-corrected chi connectivity index (χ0v) is 14.1. The van der Waals surface area contributed by atoms with Gasteiger partial charge in [0.15, 0.2) is 0 Å². The summed E-state index contributed by atoms with van der Waals surface area (Å²) in [5.41, 5.74) is 1.76. The number of carbonyl (C=O) groups is 1. The van der Waals surface area contributed by atoms with E-state index in [0.717, 1.165) is 38.4 Å². The molecule has 1 N–H and O–H groups in total. The van der Waals surface area contributed by atoms with Crippen molar-refractivity contribution in [2.24, 2.45) is 0 Å². The normalized spacial score (nSPS) is 15.4. The summed E-state index contributed by atoms with van der Waals surface area (Å²) >= 11 is 6.36. The van der Waals surface area contributed by atoms with E-state index in [1.54, 1.807) is 17.1 Å². The maximum absolute atomic E-state index is 12.0. The highest BCUT2D eigenvalue weighted by Gasteiger charge is 2.13. The second kappa shape index (κ2) is 8.23. The average Bonchev–Trinajstić information content (AvgIpc) is 3.10. The first-order chi connectivity index (χ1) is 11.7. The fraction of sp³-hybridized carbons (Fsp3) is 0.438. The molecule has 1 amide bonds. The number of carbonyl (C=O) groups excluding carboxylic acids is 1. The molecular formula is C16H20ClN5O2. The Morgan fingerprint density at radius 1 is 1.33 bits per heavy atom. The van der Waals surface area contributed by atoms with E-state index in [-0.39, 0.29) is 5.91 Å². The van der Waals surface area contributed by atoms with Gasteiger partial charge in [-0.3, -0.25) is 14.4 Å². The highest BCUT2D eigenvalue weighted by atomic mass is 35.5. The molecule has 1 saturated heterocycles. The van der Waals surface area contributed by atoms with E-state index in [1.165, 1.54) is 6.33 Å². The number of halogens is 1. The average molecular weight is 350 g/mol. The van der Waals surface area contributed by atoms with Crippen molar-refractivity contribution in [1.82, 2.24) is 19.7 Å². The number of amides is 1. The van der Waals surface area contributed by atoms with Crippen LogP contribution in [-0.2, 0) is 22.6 Å². The van der Waals surface area contributed by atoms with Crippen LogP contribution in [0.5, 0.6) is 0 Å². The maximum Gasteiger partial charge on any atom is 0.226 e. The summed E-state index contributed by atoms with van der Waals surface area (Å²) in [5, 5.41) is 7.49. The van der Waals surface area contributed by atoms with Gasteiger partial charge in [-0.15, -0.1) is 0 Å².